The molecule has 1 amide bonds. The number of para-hydroxylation sites is 1. The molecule has 1 aromatic heterocycles. The SMILES string of the molecule is Cc1cccc(C)c1-n1nnnc1C1(NC(=O)C(F)(F)F)CCC(C)CC1. The first-order valence-corrected chi connectivity index (χ1v) is 8.89. The van der Waals surface area contributed by atoms with Gasteiger partial charge in [0, 0.05) is 0 Å². The standard InChI is InChI=1S/C18H22F3N5O/c1-11-7-9-17(10-8-11,22-16(27)18(19,20)21)15-23-24-25-26(15)14-12(2)5-4-6-13(14)3/h4-6,11H,7-10H2,1-3H3,(H,22,27). The molecule has 1 saturated carbocycles. The van der Waals surface area contributed by atoms with Crippen molar-refractivity contribution in [3.8, 4) is 5.69 Å². The Hall–Kier alpha value is -2.45. The monoisotopic (exact) mass is 381 g/mol. The number of tetrazole rings is 1. The van der Waals surface area contributed by atoms with Gasteiger partial charge in [0.2, 0.25) is 0 Å². The lowest BCUT2D eigenvalue weighted by atomic mass is 9.76. The molecule has 0 atom stereocenters. The first-order chi connectivity index (χ1) is 12.6. The number of aromatic nitrogens is 4. The summed E-state index contributed by atoms with van der Waals surface area (Å²) < 4.78 is 40.4. The minimum absolute atomic E-state index is 0.240. The number of halogens is 3. The van der Waals surface area contributed by atoms with Crippen molar-refractivity contribution in [2.24, 2.45) is 5.92 Å². The number of amides is 1. The van der Waals surface area contributed by atoms with Crippen LogP contribution in [0.25, 0.3) is 5.69 Å². The van der Waals surface area contributed by atoms with Crippen molar-refractivity contribution in [2.45, 2.75) is 58.2 Å². The third-order valence-electron chi connectivity index (χ3n) is 5.29. The van der Waals surface area contributed by atoms with E-state index in [0.29, 0.717) is 31.6 Å². The van der Waals surface area contributed by atoms with Gasteiger partial charge in [-0.25, -0.2) is 0 Å². The molecule has 1 aromatic carbocycles. The number of nitrogens with zero attached hydrogens (tertiary/aromatic N) is 4. The number of carbonyl (C=O) groups is 1. The van der Waals surface area contributed by atoms with Crippen LogP contribution >= 0.6 is 0 Å². The van der Waals surface area contributed by atoms with Crippen molar-refractivity contribution < 1.29 is 18.0 Å². The zero-order valence-electron chi connectivity index (χ0n) is 15.5. The number of nitrogens with one attached hydrogen (secondary N) is 1. The number of alkyl halides is 3. The molecule has 2 aromatic rings. The summed E-state index contributed by atoms with van der Waals surface area (Å²) in [4.78, 5) is 11.8. The third kappa shape index (κ3) is 3.68. The van der Waals surface area contributed by atoms with Crippen LogP contribution in [0.1, 0.15) is 49.6 Å². The molecule has 9 heteroatoms. The topological polar surface area (TPSA) is 72.7 Å². The van der Waals surface area contributed by atoms with E-state index in [1.165, 1.54) is 4.68 Å². The number of hydrogen-bond acceptors (Lipinski definition) is 4. The predicted octanol–water partition coefficient (Wildman–Crippen LogP) is 3.36. The van der Waals surface area contributed by atoms with Gasteiger partial charge in [-0.2, -0.15) is 17.9 Å². The maximum Gasteiger partial charge on any atom is 0.471 e. The lowest BCUT2D eigenvalue weighted by Gasteiger charge is -2.39. The maximum absolute atomic E-state index is 13.0. The van der Waals surface area contributed by atoms with E-state index in [-0.39, 0.29) is 5.82 Å². The number of rotatable bonds is 3. The van der Waals surface area contributed by atoms with Gasteiger partial charge in [0.15, 0.2) is 5.82 Å². The first-order valence-electron chi connectivity index (χ1n) is 8.89. The summed E-state index contributed by atoms with van der Waals surface area (Å²) in [5.41, 5.74) is 1.25. The highest BCUT2D eigenvalue weighted by Gasteiger charge is 2.48. The van der Waals surface area contributed by atoms with E-state index in [1.807, 2.05) is 39.0 Å². The molecule has 0 bridgehead atoms. The first kappa shape index (κ1) is 19.3. The predicted molar refractivity (Wildman–Crippen MR) is 92.1 cm³/mol. The summed E-state index contributed by atoms with van der Waals surface area (Å²) in [7, 11) is 0. The number of benzene rings is 1. The number of hydrogen-bond donors (Lipinski definition) is 1. The number of aryl methyl sites for hydroxylation is 2. The van der Waals surface area contributed by atoms with Gasteiger partial charge in [-0.05, 0) is 67.0 Å². The molecule has 0 saturated heterocycles. The van der Waals surface area contributed by atoms with Crippen LogP contribution in [-0.2, 0) is 10.3 Å². The van der Waals surface area contributed by atoms with E-state index in [9.17, 15) is 18.0 Å². The average molecular weight is 381 g/mol. The lowest BCUT2D eigenvalue weighted by Crippen LogP contribution is -2.53. The van der Waals surface area contributed by atoms with Crippen LogP contribution in [0.5, 0.6) is 0 Å². The fraction of sp³-hybridized carbons (Fsp3) is 0.556. The zero-order valence-corrected chi connectivity index (χ0v) is 15.5. The van der Waals surface area contributed by atoms with Crippen molar-refractivity contribution in [2.75, 3.05) is 0 Å². The normalized spacial score (nSPS) is 23.3. The highest BCUT2D eigenvalue weighted by atomic mass is 19.4. The maximum atomic E-state index is 13.0. The Kier molecular flexibility index (Phi) is 4.96. The van der Waals surface area contributed by atoms with Gasteiger partial charge in [0.25, 0.3) is 0 Å². The van der Waals surface area contributed by atoms with E-state index in [0.717, 1.165) is 16.8 Å². The number of carbonyl (C=O) groups excluding carboxylic acids is 1. The smallest absolute Gasteiger partial charge is 0.335 e. The van der Waals surface area contributed by atoms with Crippen molar-refractivity contribution >= 4 is 5.91 Å². The van der Waals surface area contributed by atoms with E-state index in [4.69, 9.17) is 0 Å². The van der Waals surface area contributed by atoms with E-state index in [1.54, 1.807) is 0 Å². The molecule has 1 N–H and O–H groups in total. The molecular formula is C18H22F3N5O. The van der Waals surface area contributed by atoms with Crippen molar-refractivity contribution in [1.29, 1.82) is 0 Å². The van der Waals surface area contributed by atoms with Crippen molar-refractivity contribution in [3.05, 3.63) is 35.2 Å². The zero-order chi connectivity index (χ0) is 19.8. The van der Waals surface area contributed by atoms with Crippen molar-refractivity contribution in [1.82, 2.24) is 25.5 Å². The Morgan fingerprint density at radius 1 is 1.22 bits per heavy atom. The van der Waals surface area contributed by atoms with Crippen LogP contribution in [0, 0.1) is 19.8 Å². The second kappa shape index (κ2) is 6.94. The minimum atomic E-state index is -4.97. The molecule has 0 unspecified atom stereocenters. The van der Waals surface area contributed by atoms with Crippen LogP contribution < -0.4 is 5.32 Å². The largest absolute Gasteiger partial charge is 0.471 e. The molecule has 0 spiro atoms. The molecule has 0 aliphatic heterocycles. The van der Waals surface area contributed by atoms with Gasteiger partial charge in [0.1, 0.15) is 5.54 Å². The molecule has 27 heavy (non-hydrogen) atoms. The fourth-order valence-electron chi connectivity index (χ4n) is 3.72. The van der Waals surface area contributed by atoms with Gasteiger partial charge in [-0.3, -0.25) is 4.79 Å². The van der Waals surface area contributed by atoms with E-state index >= 15 is 0 Å². The Morgan fingerprint density at radius 3 is 2.37 bits per heavy atom. The molecule has 0 radical (unpaired) electrons. The Bertz CT molecular complexity index is 818. The van der Waals surface area contributed by atoms with Crippen LogP contribution in [0.3, 0.4) is 0 Å². The molecule has 3 rings (SSSR count). The second-order valence-electron chi connectivity index (χ2n) is 7.37. The van der Waals surface area contributed by atoms with Crippen LogP contribution in [-0.4, -0.2) is 32.3 Å². The quantitative estimate of drug-likeness (QED) is 0.885. The van der Waals surface area contributed by atoms with Crippen LogP contribution in [0.2, 0.25) is 0 Å². The Balaban J connectivity index is 2.10. The molecule has 1 heterocycles. The minimum Gasteiger partial charge on any atom is -0.335 e. The van der Waals surface area contributed by atoms with Gasteiger partial charge >= 0.3 is 12.1 Å². The Morgan fingerprint density at radius 2 is 1.81 bits per heavy atom. The summed E-state index contributed by atoms with van der Waals surface area (Å²) in [6.07, 6.45) is -2.91. The van der Waals surface area contributed by atoms with Crippen LogP contribution in [0.4, 0.5) is 13.2 Å². The average Bonchev–Trinajstić information content (AvgIpc) is 3.06. The molecule has 1 fully saturated rings. The van der Waals surface area contributed by atoms with Crippen molar-refractivity contribution in [3.63, 3.8) is 0 Å². The van der Waals surface area contributed by atoms with Crippen LogP contribution in [0.15, 0.2) is 18.2 Å². The summed E-state index contributed by atoms with van der Waals surface area (Å²) in [6, 6.07) is 5.66. The molecule has 146 valence electrons. The summed E-state index contributed by atoms with van der Waals surface area (Å²) in [5.74, 6) is -1.36. The van der Waals surface area contributed by atoms with Gasteiger partial charge in [-0.15, -0.1) is 5.10 Å². The third-order valence-corrected chi connectivity index (χ3v) is 5.29. The Labute approximate surface area is 155 Å². The molecule has 1 aliphatic rings. The van der Waals surface area contributed by atoms with E-state index in [2.05, 4.69) is 20.8 Å². The molecular weight excluding hydrogens is 359 g/mol. The lowest BCUT2D eigenvalue weighted by molar-refractivity contribution is -0.176. The highest BCUT2D eigenvalue weighted by Crippen LogP contribution is 2.40. The van der Waals surface area contributed by atoms with E-state index < -0.39 is 17.6 Å². The van der Waals surface area contributed by atoms with Gasteiger partial charge < -0.3 is 5.32 Å². The molecule has 1 aliphatic carbocycles. The fourth-order valence-corrected chi connectivity index (χ4v) is 3.72. The van der Waals surface area contributed by atoms with Gasteiger partial charge in [-0.1, -0.05) is 25.1 Å². The summed E-state index contributed by atoms with van der Waals surface area (Å²) >= 11 is 0. The summed E-state index contributed by atoms with van der Waals surface area (Å²) in [5, 5.41) is 14.0. The second-order valence-corrected chi connectivity index (χ2v) is 7.37. The molecule has 6 nitrogen and oxygen atoms in total. The van der Waals surface area contributed by atoms with Gasteiger partial charge in [0.05, 0.1) is 5.69 Å². The summed E-state index contributed by atoms with van der Waals surface area (Å²) in [6.45, 7) is 5.82. The highest BCUT2D eigenvalue weighted by molar-refractivity contribution is 5.82.